The number of hydrogen-bond donors (Lipinski definition) is 1. The zero-order valence-electron chi connectivity index (χ0n) is 21.4. The summed E-state index contributed by atoms with van der Waals surface area (Å²) in [6.07, 6.45) is 5.08. The van der Waals surface area contributed by atoms with Crippen LogP contribution in [0, 0.1) is 0 Å². The first kappa shape index (κ1) is 26.3. The van der Waals surface area contributed by atoms with Gasteiger partial charge in [0.2, 0.25) is 0 Å². The second kappa shape index (κ2) is 9.94. The van der Waals surface area contributed by atoms with Gasteiger partial charge in [0.1, 0.15) is 5.54 Å². The van der Waals surface area contributed by atoms with E-state index in [0.717, 1.165) is 22.4 Å². The molecular weight excluding hydrogens is 563 g/mol. The second-order valence-corrected chi connectivity index (χ2v) is 12.3. The lowest BCUT2D eigenvalue weighted by molar-refractivity contribution is 0.589. The van der Waals surface area contributed by atoms with E-state index in [1.54, 1.807) is 73.3 Å². The zero-order valence-corrected chi connectivity index (χ0v) is 23.7. The van der Waals surface area contributed by atoms with Crippen LogP contribution in [-0.2, 0) is 22.6 Å². The summed E-state index contributed by atoms with van der Waals surface area (Å²) in [4.78, 5) is 4.51. The summed E-state index contributed by atoms with van der Waals surface area (Å²) in [6.45, 7) is 0. The van der Waals surface area contributed by atoms with E-state index in [1.807, 2.05) is 54.1 Å². The Kier molecular flexibility index (Phi) is 6.55. The summed E-state index contributed by atoms with van der Waals surface area (Å²) < 4.78 is 30.8. The van der Waals surface area contributed by atoms with Gasteiger partial charge >= 0.3 is 0 Å². The van der Waals surface area contributed by atoms with Crippen molar-refractivity contribution in [1.29, 1.82) is 0 Å². The fourth-order valence-corrected chi connectivity index (χ4v) is 6.86. The molecule has 0 bridgehead atoms. The molecule has 1 atom stereocenters. The Morgan fingerprint density at radius 1 is 0.825 bits per heavy atom. The Hall–Kier alpha value is -3.88. The van der Waals surface area contributed by atoms with E-state index in [9.17, 15) is 8.42 Å². The minimum Gasteiger partial charge on any atom is -0.336 e. The van der Waals surface area contributed by atoms with E-state index in [-0.39, 0.29) is 4.90 Å². The Balaban J connectivity index is 1.66. The third kappa shape index (κ3) is 4.32. The summed E-state index contributed by atoms with van der Waals surface area (Å²) in [7, 11) is -2.01. The molecule has 0 aliphatic rings. The lowest BCUT2D eigenvalue weighted by Gasteiger charge is -2.31. The SMILES string of the molecule is Cn1cncc1C(N)(c1ccc(Cl)cc1)c1ccc2c(c1)c(-c1cccc(Cl)c1)cn2S(=O)(=O)c1ccccc1. The van der Waals surface area contributed by atoms with Crippen molar-refractivity contribution in [2.45, 2.75) is 10.4 Å². The molecule has 2 heterocycles. The molecule has 0 saturated heterocycles. The Labute approximate surface area is 242 Å². The van der Waals surface area contributed by atoms with Crippen molar-refractivity contribution >= 4 is 44.1 Å². The number of rotatable bonds is 6. The average molecular weight is 588 g/mol. The highest BCUT2D eigenvalue weighted by molar-refractivity contribution is 7.90. The molecule has 4 aromatic carbocycles. The molecular formula is C31H24Cl2N4O2S. The van der Waals surface area contributed by atoms with E-state index in [2.05, 4.69) is 4.98 Å². The second-order valence-electron chi connectivity index (χ2n) is 9.60. The van der Waals surface area contributed by atoms with Crippen molar-refractivity contribution in [3.05, 3.63) is 143 Å². The molecule has 0 spiro atoms. The largest absolute Gasteiger partial charge is 0.336 e. The number of nitrogens with two attached hydrogens (primary N) is 1. The molecule has 0 radical (unpaired) electrons. The fraction of sp³-hybridized carbons (Fsp3) is 0.0645. The molecule has 0 fully saturated rings. The van der Waals surface area contributed by atoms with Crippen LogP contribution in [0.3, 0.4) is 0 Å². The predicted molar refractivity (Wildman–Crippen MR) is 160 cm³/mol. The minimum atomic E-state index is -3.89. The van der Waals surface area contributed by atoms with E-state index >= 15 is 0 Å². The molecule has 2 N–H and O–H groups in total. The normalized spacial score (nSPS) is 13.4. The van der Waals surface area contributed by atoms with Crippen molar-refractivity contribution in [3.8, 4) is 11.1 Å². The van der Waals surface area contributed by atoms with Gasteiger partial charge in [-0.05, 0) is 65.2 Å². The lowest BCUT2D eigenvalue weighted by Crippen LogP contribution is -2.40. The number of aryl methyl sites for hydroxylation is 1. The van der Waals surface area contributed by atoms with Crippen LogP contribution in [0.5, 0.6) is 0 Å². The maximum Gasteiger partial charge on any atom is 0.268 e. The number of imidazole rings is 1. The van der Waals surface area contributed by atoms with Gasteiger partial charge in [0.25, 0.3) is 10.0 Å². The van der Waals surface area contributed by atoms with Gasteiger partial charge in [0.05, 0.1) is 28.6 Å². The summed E-state index contributed by atoms with van der Waals surface area (Å²) >= 11 is 12.6. The van der Waals surface area contributed by atoms with Gasteiger partial charge < -0.3 is 10.3 Å². The van der Waals surface area contributed by atoms with Crippen LogP contribution in [0.1, 0.15) is 16.8 Å². The molecule has 6 nitrogen and oxygen atoms in total. The van der Waals surface area contributed by atoms with Crippen molar-refractivity contribution in [2.24, 2.45) is 12.8 Å². The average Bonchev–Trinajstić information content (AvgIpc) is 3.57. The van der Waals surface area contributed by atoms with E-state index in [4.69, 9.17) is 28.9 Å². The van der Waals surface area contributed by atoms with Crippen molar-refractivity contribution in [3.63, 3.8) is 0 Å². The van der Waals surface area contributed by atoms with Crippen LogP contribution in [0.15, 0.2) is 121 Å². The highest BCUT2D eigenvalue weighted by Gasteiger charge is 2.35. The highest BCUT2D eigenvalue weighted by atomic mass is 35.5. The molecule has 0 saturated carbocycles. The van der Waals surface area contributed by atoms with Crippen LogP contribution in [0.25, 0.3) is 22.0 Å². The maximum absolute atomic E-state index is 13.8. The summed E-state index contributed by atoms with van der Waals surface area (Å²) in [5, 5.41) is 1.85. The standard InChI is InChI=1S/C31H24Cl2N4O2S/c1-36-20-35-18-30(36)31(34,22-10-13-24(32)14-11-22)23-12-15-29-27(17-23)28(21-6-5-7-25(33)16-21)19-37(29)40(38,39)26-8-3-2-4-9-26/h2-20H,34H2,1H3. The topological polar surface area (TPSA) is 82.9 Å². The van der Waals surface area contributed by atoms with Crippen LogP contribution >= 0.6 is 23.2 Å². The number of aromatic nitrogens is 3. The third-order valence-corrected chi connectivity index (χ3v) is 9.36. The van der Waals surface area contributed by atoms with E-state index < -0.39 is 15.6 Å². The van der Waals surface area contributed by atoms with Gasteiger partial charge in [-0.15, -0.1) is 0 Å². The number of halogens is 2. The van der Waals surface area contributed by atoms with Gasteiger partial charge in [0.15, 0.2) is 0 Å². The first-order valence-corrected chi connectivity index (χ1v) is 14.6. The van der Waals surface area contributed by atoms with Crippen LogP contribution in [0.2, 0.25) is 10.0 Å². The number of benzene rings is 4. The molecule has 0 aliphatic heterocycles. The first-order chi connectivity index (χ1) is 19.2. The maximum atomic E-state index is 13.8. The Morgan fingerprint density at radius 3 is 2.23 bits per heavy atom. The van der Waals surface area contributed by atoms with Crippen molar-refractivity contribution < 1.29 is 8.42 Å². The third-order valence-electron chi connectivity index (χ3n) is 7.18. The minimum absolute atomic E-state index is 0.192. The predicted octanol–water partition coefficient (Wildman–Crippen LogP) is 6.84. The quantitative estimate of drug-likeness (QED) is 0.232. The summed E-state index contributed by atoms with van der Waals surface area (Å²) in [6, 6.07) is 28.7. The molecule has 2 aromatic heterocycles. The molecule has 1 unspecified atom stereocenters. The Morgan fingerprint density at radius 2 is 1.55 bits per heavy atom. The van der Waals surface area contributed by atoms with Gasteiger partial charge in [0, 0.05) is 34.2 Å². The molecule has 0 amide bonds. The smallest absolute Gasteiger partial charge is 0.268 e. The van der Waals surface area contributed by atoms with Crippen LogP contribution < -0.4 is 5.73 Å². The monoisotopic (exact) mass is 586 g/mol. The fourth-order valence-electron chi connectivity index (χ4n) is 5.15. The molecule has 9 heteroatoms. The number of nitrogens with zero attached hydrogens (tertiary/aromatic N) is 3. The van der Waals surface area contributed by atoms with E-state index in [1.165, 1.54) is 3.97 Å². The van der Waals surface area contributed by atoms with E-state index in [0.29, 0.717) is 26.5 Å². The Bertz CT molecular complexity index is 1970. The van der Waals surface area contributed by atoms with Crippen LogP contribution in [-0.4, -0.2) is 21.9 Å². The molecule has 200 valence electrons. The van der Waals surface area contributed by atoms with Gasteiger partial charge in [-0.1, -0.05) is 71.7 Å². The van der Waals surface area contributed by atoms with Gasteiger partial charge in [-0.2, -0.15) is 0 Å². The molecule has 6 rings (SSSR count). The van der Waals surface area contributed by atoms with Gasteiger partial charge in [-0.25, -0.2) is 17.4 Å². The highest BCUT2D eigenvalue weighted by Crippen LogP contribution is 2.40. The van der Waals surface area contributed by atoms with Crippen molar-refractivity contribution in [2.75, 3.05) is 0 Å². The molecule has 6 aromatic rings. The summed E-state index contributed by atoms with van der Waals surface area (Å²) in [5.74, 6) is 0. The van der Waals surface area contributed by atoms with Crippen molar-refractivity contribution in [1.82, 2.24) is 13.5 Å². The lowest BCUT2D eigenvalue weighted by atomic mass is 9.80. The first-order valence-electron chi connectivity index (χ1n) is 12.4. The van der Waals surface area contributed by atoms with Crippen LogP contribution in [0.4, 0.5) is 0 Å². The number of hydrogen-bond acceptors (Lipinski definition) is 4. The molecule has 0 aliphatic carbocycles. The number of fused-ring (bicyclic) bond motifs is 1. The summed E-state index contributed by atoms with van der Waals surface area (Å²) in [5.41, 5.74) is 10.5. The zero-order chi connectivity index (χ0) is 28.1. The van der Waals surface area contributed by atoms with Gasteiger partial charge in [-0.3, -0.25) is 0 Å². The molecule has 40 heavy (non-hydrogen) atoms.